The van der Waals surface area contributed by atoms with Crippen LogP contribution in [0.25, 0.3) is 11.4 Å². The van der Waals surface area contributed by atoms with E-state index in [9.17, 15) is 9.59 Å². The molecule has 1 aliphatic rings. The van der Waals surface area contributed by atoms with Crippen molar-refractivity contribution in [2.24, 2.45) is 5.92 Å². The molecule has 39 heavy (non-hydrogen) atoms. The number of nitrogens with one attached hydrogen (secondary N) is 2. The molecule has 2 atom stereocenters. The highest BCUT2D eigenvalue weighted by Gasteiger charge is 2.38. The molecule has 0 bridgehead atoms. The van der Waals surface area contributed by atoms with Gasteiger partial charge in [-0.1, -0.05) is 80.5 Å². The van der Waals surface area contributed by atoms with Crippen molar-refractivity contribution < 1.29 is 4.74 Å². The number of hydrogen-bond donors (Lipinski definition) is 2. The van der Waals surface area contributed by atoms with Gasteiger partial charge in [-0.2, -0.15) is 0 Å². The van der Waals surface area contributed by atoms with E-state index >= 15 is 0 Å². The molecule has 1 aliphatic carbocycles. The molecule has 4 aromatic rings. The van der Waals surface area contributed by atoms with Crippen LogP contribution in [0.1, 0.15) is 54.6 Å². The molecule has 7 heteroatoms. The molecule has 0 aliphatic heterocycles. The van der Waals surface area contributed by atoms with Gasteiger partial charge in [0, 0.05) is 41.0 Å². The summed E-state index contributed by atoms with van der Waals surface area (Å²) < 4.78 is 9.52. The zero-order valence-corrected chi connectivity index (χ0v) is 22.8. The molecule has 0 saturated carbocycles. The SMILES string of the molecule is CCCCCO[C@H]1C=CC=C[C@@H]1C(c1c(C)[nH]n(-c2ccccc2)c1=O)c1c(C)[nH]n(-c2ccccc2)c1=O. The van der Waals surface area contributed by atoms with Gasteiger partial charge >= 0.3 is 0 Å². The summed E-state index contributed by atoms with van der Waals surface area (Å²) in [6, 6.07) is 19.0. The monoisotopic (exact) mass is 524 g/mol. The van der Waals surface area contributed by atoms with Gasteiger partial charge in [0.2, 0.25) is 0 Å². The molecule has 2 aromatic heterocycles. The fourth-order valence-corrected chi connectivity index (χ4v) is 5.54. The van der Waals surface area contributed by atoms with Gasteiger partial charge < -0.3 is 4.74 Å². The van der Waals surface area contributed by atoms with Crippen molar-refractivity contribution in [3.8, 4) is 11.4 Å². The highest BCUT2D eigenvalue weighted by atomic mass is 16.5. The predicted octanol–water partition coefficient (Wildman–Crippen LogP) is 5.71. The topological polar surface area (TPSA) is 84.8 Å². The first-order chi connectivity index (χ1) is 19.0. The van der Waals surface area contributed by atoms with Gasteiger partial charge in [-0.3, -0.25) is 19.8 Å². The average Bonchev–Trinajstić information content (AvgIpc) is 3.43. The van der Waals surface area contributed by atoms with Crippen LogP contribution in [-0.2, 0) is 4.74 Å². The van der Waals surface area contributed by atoms with Crippen molar-refractivity contribution in [3.05, 3.63) is 128 Å². The Labute approximate surface area is 228 Å². The summed E-state index contributed by atoms with van der Waals surface area (Å²) in [7, 11) is 0. The average molecular weight is 525 g/mol. The molecule has 0 radical (unpaired) electrons. The lowest BCUT2D eigenvalue weighted by Gasteiger charge is -2.31. The Balaban J connectivity index is 1.67. The summed E-state index contributed by atoms with van der Waals surface area (Å²) in [6.07, 6.45) is 11.0. The predicted molar refractivity (Wildman–Crippen MR) is 155 cm³/mol. The minimum absolute atomic E-state index is 0.164. The van der Waals surface area contributed by atoms with Crippen LogP contribution in [0.5, 0.6) is 0 Å². The van der Waals surface area contributed by atoms with Gasteiger partial charge in [-0.25, -0.2) is 9.36 Å². The first kappa shape index (κ1) is 26.5. The van der Waals surface area contributed by atoms with Crippen LogP contribution in [0.15, 0.2) is 94.6 Å². The molecule has 0 unspecified atom stereocenters. The summed E-state index contributed by atoms with van der Waals surface area (Å²) in [6.45, 7) is 6.60. The third kappa shape index (κ3) is 5.27. The Kier molecular flexibility index (Phi) is 7.98. The fraction of sp³-hybridized carbons (Fsp3) is 0.312. The van der Waals surface area contributed by atoms with Crippen molar-refractivity contribution in [2.75, 3.05) is 6.61 Å². The van der Waals surface area contributed by atoms with Crippen LogP contribution in [0.3, 0.4) is 0 Å². The number of para-hydroxylation sites is 2. The highest BCUT2D eigenvalue weighted by molar-refractivity contribution is 5.43. The summed E-state index contributed by atoms with van der Waals surface area (Å²) in [5.74, 6) is -0.765. The number of aromatic amines is 2. The number of rotatable bonds is 10. The summed E-state index contributed by atoms with van der Waals surface area (Å²) >= 11 is 0. The van der Waals surface area contributed by atoms with E-state index in [1.165, 1.54) is 0 Å². The van der Waals surface area contributed by atoms with E-state index in [1.807, 2.05) is 92.7 Å². The number of allylic oxidation sites excluding steroid dienone is 2. The van der Waals surface area contributed by atoms with Crippen molar-refractivity contribution >= 4 is 0 Å². The molecule has 0 saturated heterocycles. The number of aryl methyl sites for hydroxylation is 2. The first-order valence-corrected chi connectivity index (χ1v) is 13.7. The molecule has 5 rings (SSSR count). The Morgan fingerprint density at radius 1 is 0.769 bits per heavy atom. The van der Waals surface area contributed by atoms with Gasteiger partial charge in [-0.05, 0) is 44.5 Å². The van der Waals surface area contributed by atoms with E-state index in [2.05, 4.69) is 23.2 Å². The quantitative estimate of drug-likeness (QED) is 0.261. The van der Waals surface area contributed by atoms with Crippen molar-refractivity contribution in [3.63, 3.8) is 0 Å². The maximum atomic E-state index is 14.1. The second-order valence-corrected chi connectivity index (χ2v) is 10.1. The molecule has 2 aromatic carbocycles. The molecule has 2 N–H and O–H groups in total. The summed E-state index contributed by atoms with van der Waals surface area (Å²) in [5.41, 5.74) is 3.77. The van der Waals surface area contributed by atoms with E-state index in [-0.39, 0.29) is 23.1 Å². The minimum Gasteiger partial charge on any atom is -0.373 e. The van der Waals surface area contributed by atoms with Crippen LogP contribution in [0.2, 0.25) is 0 Å². The summed E-state index contributed by atoms with van der Waals surface area (Å²) in [4.78, 5) is 28.2. The second-order valence-electron chi connectivity index (χ2n) is 10.1. The fourth-order valence-electron chi connectivity index (χ4n) is 5.54. The van der Waals surface area contributed by atoms with Gasteiger partial charge in [0.15, 0.2) is 0 Å². The second kappa shape index (κ2) is 11.7. The number of aromatic nitrogens is 4. The number of hydrogen-bond acceptors (Lipinski definition) is 3. The maximum Gasteiger partial charge on any atom is 0.275 e. The van der Waals surface area contributed by atoms with E-state index in [1.54, 1.807) is 9.36 Å². The molecule has 202 valence electrons. The number of benzene rings is 2. The van der Waals surface area contributed by atoms with E-state index in [4.69, 9.17) is 4.74 Å². The molecule has 0 amide bonds. The van der Waals surface area contributed by atoms with Crippen molar-refractivity contribution in [1.29, 1.82) is 0 Å². The molecular weight excluding hydrogens is 488 g/mol. The zero-order valence-electron chi connectivity index (χ0n) is 22.8. The molecule has 7 nitrogen and oxygen atoms in total. The van der Waals surface area contributed by atoms with Crippen molar-refractivity contribution in [2.45, 2.75) is 52.1 Å². The smallest absolute Gasteiger partial charge is 0.275 e. The van der Waals surface area contributed by atoms with Gasteiger partial charge in [0.25, 0.3) is 11.1 Å². The Morgan fingerprint density at radius 3 is 1.79 bits per heavy atom. The van der Waals surface area contributed by atoms with E-state index in [0.717, 1.165) is 42.0 Å². The Hall–Kier alpha value is -4.10. The Bertz CT molecular complexity index is 1470. The molecule has 2 heterocycles. The summed E-state index contributed by atoms with van der Waals surface area (Å²) in [5, 5.41) is 6.55. The lowest BCUT2D eigenvalue weighted by Crippen LogP contribution is -2.34. The molecule has 0 spiro atoms. The molecular formula is C32H36N4O3. The maximum absolute atomic E-state index is 14.1. The largest absolute Gasteiger partial charge is 0.373 e. The van der Waals surface area contributed by atoms with Gasteiger partial charge in [0.1, 0.15) is 0 Å². The number of ether oxygens (including phenoxy) is 1. The first-order valence-electron chi connectivity index (χ1n) is 13.7. The van der Waals surface area contributed by atoms with Crippen LogP contribution in [-0.4, -0.2) is 32.3 Å². The number of unbranched alkanes of at least 4 members (excludes halogenated alkanes) is 2. The Morgan fingerprint density at radius 2 is 1.28 bits per heavy atom. The van der Waals surface area contributed by atoms with Crippen LogP contribution in [0, 0.1) is 19.8 Å². The third-order valence-corrected chi connectivity index (χ3v) is 7.45. The van der Waals surface area contributed by atoms with Crippen LogP contribution < -0.4 is 11.1 Å². The van der Waals surface area contributed by atoms with Gasteiger partial charge in [0.05, 0.1) is 17.5 Å². The van der Waals surface area contributed by atoms with Crippen LogP contribution in [0.4, 0.5) is 0 Å². The third-order valence-electron chi connectivity index (χ3n) is 7.45. The highest BCUT2D eigenvalue weighted by Crippen LogP contribution is 2.38. The lowest BCUT2D eigenvalue weighted by molar-refractivity contribution is 0.0500. The van der Waals surface area contributed by atoms with E-state index < -0.39 is 5.92 Å². The van der Waals surface area contributed by atoms with Gasteiger partial charge in [-0.15, -0.1) is 0 Å². The minimum atomic E-state index is -0.523. The number of nitrogens with zero attached hydrogens (tertiary/aromatic N) is 2. The van der Waals surface area contributed by atoms with Crippen LogP contribution >= 0.6 is 0 Å². The molecule has 0 fully saturated rings. The lowest BCUT2D eigenvalue weighted by atomic mass is 9.76. The van der Waals surface area contributed by atoms with E-state index in [0.29, 0.717) is 17.7 Å². The number of H-pyrrole nitrogens is 2. The zero-order chi connectivity index (χ0) is 27.4. The standard InChI is InChI=1S/C32H36N4O3/c1-4-5-14-21-39-27-20-13-12-19-26(27)30(28-22(2)33-35(31(28)37)24-15-8-6-9-16-24)29-23(3)34-36(32(29)38)25-17-10-7-11-18-25/h6-13,15-20,26-27,30,33-34H,4-5,14,21H2,1-3H3/t26-,27-/m0/s1. The van der Waals surface area contributed by atoms with Crippen molar-refractivity contribution in [1.82, 2.24) is 19.6 Å². The normalized spacial score (nSPS) is 16.8.